The Kier molecular flexibility index (Phi) is 2.94. The Bertz CT molecular complexity index is 303. The Morgan fingerprint density at radius 1 is 1.23 bits per heavy atom. The second-order valence-corrected chi connectivity index (χ2v) is 3.67. The monoisotopic (exact) mass is 180 g/mol. The second kappa shape index (κ2) is 3.79. The third kappa shape index (κ3) is 1.83. The fourth-order valence-corrected chi connectivity index (χ4v) is 1.83. The van der Waals surface area contributed by atoms with E-state index < -0.39 is 0 Å². The molecule has 0 aliphatic carbocycles. The summed E-state index contributed by atoms with van der Waals surface area (Å²) < 4.78 is 0. The third-order valence-electron chi connectivity index (χ3n) is 2.36. The number of hydrogen-bond acceptors (Lipinski definition) is 2. The molecule has 0 heterocycles. The van der Waals surface area contributed by atoms with E-state index >= 15 is 0 Å². The molecule has 0 aliphatic rings. The highest BCUT2D eigenvalue weighted by Gasteiger charge is 2.11. The SMILES string of the molecule is Cc1ccc(OO)c(C)c1C(C)C. The second-order valence-electron chi connectivity index (χ2n) is 3.67. The topological polar surface area (TPSA) is 29.5 Å². The molecular formula is C11H16O2. The molecule has 2 nitrogen and oxygen atoms in total. The van der Waals surface area contributed by atoms with Crippen LogP contribution in [0.2, 0.25) is 0 Å². The van der Waals surface area contributed by atoms with Gasteiger partial charge in [-0.25, -0.2) is 5.26 Å². The molecule has 0 fully saturated rings. The molecule has 0 unspecified atom stereocenters. The maximum absolute atomic E-state index is 8.62. The Morgan fingerprint density at radius 2 is 1.85 bits per heavy atom. The molecule has 2 heteroatoms. The van der Waals surface area contributed by atoms with E-state index in [2.05, 4.69) is 25.7 Å². The first kappa shape index (κ1) is 10.1. The predicted octanol–water partition coefficient (Wildman–Crippen LogP) is 3.28. The lowest BCUT2D eigenvalue weighted by atomic mass is 9.93. The standard InChI is InChI=1S/C11H16O2/c1-7(2)11-8(3)5-6-10(13-12)9(11)4/h5-7,12H,1-4H3. The van der Waals surface area contributed by atoms with Gasteiger partial charge in [-0.2, -0.15) is 0 Å². The van der Waals surface area contributed by atoms with Crippen molar-refractivity contribution in [3.63, 3.8) is 0 Å². The van der Waals surface area contributed by atoms with Gasteiger partial charge in [0.15, 0.2) is 5.75 Å². The molecule has 72 valence electrons. The third-order valence-corrected chi connectivity index (χ3v) is 2.36. The Balaban J connectivity index is 3.30. The molecule has 1 N–H and O–H groups in total. The van der Waals surface area contributed by atoms with Crippen molar-refractivity contribution in [2.45, 2.75) is 33.6 Å². The van der Waals surface area contributed by atoms with Crippen LogP contribution in [0.3, 0.4) is 0 Å². The number of aryl methyl sites for hydroxylation is 1. The summed E-state index contributed by atoms with van der Waals surface area (Å²) in [4.78, 5) is 4.29. The molecular weight excluding hydrogens is 164 g/mol. The van der Waals surface area contributed by atoms with Crippen LogP contribution in [0.1, 0.15) is 36.5 Å². The van der Waals surface area contributed by atoms with Crippen molar-refractivity contribution in [1.82, 2.24) is 0 Å². The van der Waals surface area contributed by atoms with Gasteiger partial charge in [-0.05, 0) is 42.5 Å². The molecule has 0 radical (unpaired) electrons. The van der Waals surface area contributed by atoms with Gasteiger partial charge in [0.25, 0.3) is 0 Å². The average molecular weight is 180 g/mol. The van der Waals surface area contributed by atoms with Gasteiger partial charge in [-0.1, -0.05) is 19.9 Å². The Hall–Kier alpha value is -1.02. The molecule has 0 spiro atoms. The van der Waals surface area contributed by atoms with Crippen molar-refractivity contribution in [2.75, 3.05) is 0 Å². The molecule has 0 aliphatic heterocycles. The molecule has 1 aromatic carbocycles. The molecule has 0 bridgehead atoms. The number of benzene rings is 1. The van der Waals surface area contributed by atoms with Crippen molar-refractivity contribution >= 4 is 0 Å². The minimum absolute atomic E-state index is 0.454. The van der Waals surface area contributed by atoms with E-state index in [1.807, 2.05) is 13.0 Å². The summed E-state index contributed by atoms with van der Waals surface area (Å²) >= 11 is 0. The van der Waals surface area contributed by atoms with Crippen molar-refractivity contribution in [3.8, 4) is 5.75 Å². The molecule has 0 atom stereocenters. The molecule has 0 amide bonds. The highest BCUT2D eigenvalue weighted by atomic mass is 17.1. The number of rotatable bonds is 2. The average Bonchev–Trinajstić information content (AvgIpc) is 2.04. The zero-order chi connectivity index (χ0) is 10.0. The van der Waals surface area contributed by atoms with Gasteiger partial charge < -0.3 is 4.89 Å². The molecule has 0 saturated carbocycles. The van der Waals surface area contributed by atoms with Gasteiger partial charge in [0.1, 0.15) is 0 Å². The summed E-state index contributed by atoms with van der Waals surface area (Å²) in [6.45, 7) is 8.31. The summed E-state index contributed by atoms with van der Waals surface area (Å²) in [7, 11) is 0. The minimum atomic E-state index is 0.454. The van der Waals surface area contributed by atoms with Gasteiger partial charge in [0.05, 0.1) is 0 Å². The zero-order valence-corrected chi connectivity index (χ0v) is 8.59. The van der Waals surface area contributed by atoms with E-state index in [1.54, 1.807) is 6.07 Å². The van der Waals surface area contributed by atoms with Crippen molar-refractivity contribution in [2.24, 2.45) is 0 Å². The first-order valence-electron chi connectivity index (χ1n) is 4.49. The van der Waals surface area contributed by atoms with Crippen LogP contribution in [-0.2, 0) is 0 Å². The predicted molar refractivity (Wildman–Crippen MR) is 53.3 cm³/mol. The van der Waals surface area contributed by atoms with E-state index in [-0.39, 0.29) is 0 Å². The Labute approximate surface area is 79.1 Å². The maximum atomic E-state index is 8.62. The van der Waals surface area contributed by atoms with Crippen LogP contribution in [-0.4, -0.2) is 5.26 Å². The van der Waals surface area contributed by atoms with Crippen LogP contribution in [0.5, 0.6) is 5.75 Å². The molecule has 0 aromatic heterocycles. The summed E-state index contributed by atoms with van der Waals surface area (Å²) in [5.41, 5.74) is 3.53. The summed E-state index contributed by atoms with van der Waals surface area (Å²) in [6.07, 6.45) is 0. The van der Waals surface area contributed by atoms with Gasteiger partial charge >= 0.3 is 0 Å². The normalized spacial score (nSPS) is 10.6. The van der Waals surface area contributed by atoms with Crippen molar-refractivity contribution < 1.29 is 10.1 Å². The lowest BCUT2D eigenvalue weighted by Crippen LogP contribution is -1.99. The summed E-state index contributed by atoms with van der Waals surface area (Å²) in [5.74, 6) is 1.00. The van der Waals surface area contributed by atoms with Gasteiger partial charge in [-0.3, -0.25) is 0 Å². The fraction of sp³-hybridized carbons (Fsp3) is 0.455. The van der Waals surface area contributed by atoms with E-state index in [0.717, 1.165) is 5.56 Å². The highest BCUT2D eigenvalue weighted by Crippen LogP contribution is 2.29. The van der Waals surface area contributed by atoms with Crippen LogP contribution in [0, 0.1) is 13.8 Å². The van der Waals surface area contributed by atoms with E-state index in [4.69, 9.17) is 5.26 Å². The van der Waals surface area contributed by atoms with E-state index in [1.165, 1.54) is 11.1 Å². The van der Waals surface area contributed by atoms with Crippen LogP contribution in [0.25, 0.3) is 0 Å². The fourth-order valence-electron chi connectivity index (χ4n) is 1.83. The number of hydrogen-bond donors (Lipinski definition) is 1. The molecule has 13 heavy (non-hydrogen) atoms. The lowest BCUT2D eigenvalue weighted by Gasteiger charge is -2.14. The van der Waals surface area contributed by atoms with Gasteiger partial charge in [0, 0.05) is 0 Å². The van der Waals surface area contributed by atoms with Crippen LogP contribution in [0.15, 0.2) is 12.1 Å². The highest BCUT2D eigenvalue weighted by molar-refractivity contribution is 5.45. The Morgan fingerprint density at radius 3 is 2.31 bits per heavy atom. The van der Waals surface area contributed by atoms with E-state index in [0.29, 0.717) is 11.7 Å². The summed E-state index contributed by atoms with van der Waals surface area (Å²) in [5, 5.41) is 8.62. The molecule has 0 saturated heterocycles. The van der Waals surface area contributed by atoms with Crippen molar-refractivity contribution in [3.05, 3.63) is 28.8 Å². The van der Waals surface area contributed by atoms with Crippen LogP contribution < -0.4 is 4.89 Å². The first-order valence-corrected chi connectivity index (χ1v) is 4.49. The maximum Gasteiger partial charge on any atom is 0.168 e. The minimum Gasteiger partial charge on any atom is -0.340 e. The van der Waals surface area contributed by atoms with E-state index in [9.17, 15) is 0 Å². The molecule has 1 rings (SSSR count). The largest absolute Gasteiger partial charge is 0.340 e. The van der Waals surface area contributed by atoms with Gasteiger partial charge in [-0.15, -0.1) is 0 Å². The lowest BCUT2D eigenvalue weighted by molar-refractivity contribution is -0.138. The quantitative estimate of drug-likeness (QED) is 0.559. The van der Waals surface area contributed by atoms with Gasteiger partial charge in [0.2, 0.25) is 0 Å². The first-order chi connectivity index (χ1) is 6.07. The smallest absolute Gasteiger partial charge is 0.168 e. The molecule has 1 aromatic rings. The van der Waals surface area contributed by atoms with Crippen LogP contribution >= 0.6 is 0 Å². The van der Waals surface area contributed by atoms with Crippen LogP contribution in [0.4, 0.5) is 0 Å². The summed E-state index contributed by atoms with van der Waals surface area (Å²) in [6, 6.07) is 3.75. The van der Waals surface area contributed by atoms with Crippen molar-refractivity contribution in [1.29, 1.82) is 0 Å². The zero-order valence-electron chi connectivity index (χ0n) is 8.59.